The van der Waals surface area contributed by atoms with Gasteiger partial charge in [-0.15, -0.1) is 10.1 Å². The lowest BCUT2D eigenvalue weighted by atomic mass is 9.94. The number of piperidine rings is 1. The summed E-state index contributed by atoms with van der Waals surface area (Å²) < 4.78 is 0. The first-order valence-electron chi connectivity index (χ1n) is 6.69. The van der Waals surface area contributed by atoms with Crippen molar-refractivity contribution in [3.8, 4) is 0 Å². The first kappa shape index (κ1) is 15.7. The van der Waals surface area contributed by atoms with Crippen LogP contribution in [0.4, 0.5) is 0 Å². The fourth-order valence-corrected chi connectivity index (χ4v) is 2.24. The van der Waals surface area contributed by atoms with E-state index in [1.807, 2.05) is 23.9 Å². The molecular weight excluding hydrogens is 250 g/mol. The molecule has 7 heteroatoms. The molecule has 1 heterocycles. The quantitative estimate of drug-likeness (QED) is 0.506. The van der Waals surface area contributed by atoms with E-state index in [9.17, 15) is 14.9 Å². The Kier molecular flexibility index (Phi) is 6.55. The number of hydrogen-bond acceptors (Lipinski definition) is 5. The number of rotatable bonds is 7. The van der Waals surface area contributed by atoms with Crippen molar-refractivity contribution in [3.05, 3.63) is 10.1 Å². The van der Waals surface area contributed by atoms with Gasteiger partial charge in [0.05, 0.1) is 6.61 Å². The minimum Gasteiger partial charge on any atom is -0.343 e. The molecule has 0 aromatic carbocycles. The fraction of sp³-hybridized carbons (Fsp3) is 0.917. The molecule has 0 unspecified atom stereocenters. The number of carbonyl (C=O) groups excluding carboxylic acids is 1. The Morgan fingerprint density at radius 3 is 2.58 bits per heavy atom. The third-order valence-corrected chi connectivity index (χ3v) is 3.46. The predicted octanol–water partition coefficient (Wildman–Crippen LogP) is 0.775. The number of carbonyl (C=O) groups is 1. The van der Waals surface area contributed by atoms with E-state index < -0.39 is 5.09 Å². The smallest absolute Gasteiger partial charge is 0.294 e. The zero-order valence-corrected chi connectivity index (χ0v) is 11.7. The van der Waals surface area contributed by atoms with Crippen LogP contribution in [0.15, 0.2) is 0 Å². The second-order valence-corrected chi connectivity index (χ2v) is 5.22. The van der Waals surface area contributed by atoms with Gasteiger partial charge in [0.1, 0.15) is 0 Å². The predicted molar refractivity (Wildman–Crippen MR) is 70.0 cm³/mol. The van der Waals surface area contributed by atoms with E-state index >= 15 is 0 Å². The average molecular weight is 273 g/mol. The van der Waals surface area contributed by atoms with E-state index in [2.05, 4.69) is 4.84 Å². The number of likely N-dealkylation sites (tertiary alicyclic amines) is 1. The van der Waals surface area contributed by atoms with Crippen LogP contribution in [0.25, 0.3) is 0 Å². The Labute approximate surface area is 113 Å². The summed E-state index contributed by atoms with van der Waals surface area (Å²) in [6, 6.07) is 0. The van der Waals surface area contributed by atoms with Gasteiger partial charge < -0.3 is 14.6 Å². The van der Waals surface area contributed by atoms with Crippen LogP contribution in [0.1, 0.15) is 25.7 Å². The number of nitrogens with zero attached hydrogens (tertiary/aromatic N) is 3. The van der Waals surface area contributed by atoms with Crippen molar-refractivity contribution < 1.29 is 14.7 Å². The standard InChI is InChI=1S/C12H23N3O4/c1-13(2)7-5-12(16)14-8-3-11(4-9-14)6-10-19-15(17)18/h11H,3-10H2,1-2H3. The molecule has 1 amide bonds. The van der Waals surface area contributed by atoms with E-state index in [0.717, 1.165) is 32.5 Å². The van der Waals surface area contributed by atoms with Gasteiger partial charge in [0, 0.05) is 26.1 Å². The normalized spacial score (nSPS) is 16.7. The lowest BCUT2D eigenvalue weighted by Gasteiger charge is -2.32. The molecule has 1 aliphatic heterocycles. The molecule has 0 saturated carbocycles. The van der Waals surface area contributed by atoms with Gasteiger partial charge in [0.2, 0.25) is 5.91 Å². The van der Waals surface area contributed by atoms with Gasteiger partial charge in [0.25, 0.3) is 5.09 Å². The Balaban J connectivity index is 2.17. The molecule has 0 N–H and O–H groups in total. The van der Waals surface area contributed by atoms with Crippen LogP contribution in [0.5, 0.6) is 0 Å². The Morgan fingerprint density at radius 1 is 1.42 bits per heavy atom. The molecule has 0 spiro atoms. The van der Waals surface area contributed by atoms with Crippen molar-refractivity contribution in [2.24, 2.45) is 5.92 Å². The molecule has 0 aliphatic carbocycles. The summed E-state index contributed by atoms with van der Waals surface area (Å²) in [4.78, 5) is 30.2. The van der Waals surface area contributed by atoms with Crippen LogP contribution < -0.4 is 0 Å². The maximum atomic E-state index is 11.9. The highest BCUT2D eigenvalue weighted by atomic mass is 16.9. The molecule has 0 bridgehead atoms. The molecule has 19 heavy (non-hydrogen) atoms. The maximum Gasteiger partial charge on any atom is 0.294 e. The van der Waals surface area contributed by atoms with Crippen molar-refractivity contribution in [2.75, 3.05) is 40.3 Å². The molecule has 1 aliphatic rings. The molecule has 0 radical (unpaired) electrons. The van der Waals surface area contributed by atoms with E-state index in [4.69, 9.17) is 0 Å². The monoisotopic (exact) mass is 273 g/mol. The molecule has 0 aromatic rings. The third kappa shape index (κ3) is 6.37. The fourth-order valence-electron chi connectivity index (χ4n) is 2.24. The van der Waals surface area contributed by atoms with Crippen molar-refractivity contribution in [1.29, 1.82) is 0 Å². The lowest BCUT2D eigenvalue weighted by Crippen LogP contribution is -2.39. The summed E-state index contributed by atoms with van der Waals surface area (Å²) >= 11 is 0. The van der Waals surface area contributed by atoms with Gasteiger partial charge in [-0.3, -0.25) is 4.79 Å². The van der Waals surface area contributed by atoms with Crippen LogP contribution >= 0.6 is 0 Å². The third-order valence-electron chi connectivity index (χ3n) is 3.46. The highest BCUT2D eigenvalue weighted by Crippen LogP contribution is 2.20. The Morgan fingerprint density at radius 2 is 2.05 bits per heavy atom. The topological polar surface area (TPSA) is 75.9 Å². The molecule has 0 atom stereocenters. The average Bonchev–Trinajstić information content (AvgIpc) is 2.36. The highest BCUT2D eigenvalue weighted by Gasteiger charge is 2.22. The summed E-state index contributed by atoms with van der Waals surface area (Å²) in [5, 5.41) is 9.29. The van der Waals surface area contributed by atoms with Crippen LogP contribution in [0, 0.1) is 16.0 Å². The number of amides is 1. The van der Waals surface area contributed by atoms with Gasteiger partial charge in [-0.05, 0) is 39.3 Å². The van der Waals surface area contributed by atoms with Crippen molar-refractivity contribution >= 4 is 5.91 Å². The van der Waals surface area contributed by atoms with Gasteiger partial charge in [0.15, 0.2) is 0 Å². The molecule has 0 aromatic heterocycles. The second-order valence-electron chi connectivity index (χ2n) is 5.22. The van der Waals surface area contributed by atoms with Crippen LogP contribution in [-0.4, -0.2) is 61.1 Å². The van der Waals surface area contributed by atoms with Crippen molar-refractivity contribution in [3.63, 3.8) is 0 Å². The summed E-state index contributed by atoms with van der Waals surface area (Å²) in [5.41, 5.74) is 0. The minimum atomic E-state index is -0.750. The molecular formula is C12H23N3O4. The number of hydrogen-bond donors (Lipinski definition) is 0. The molecule has 1 saturated heterocycles. The minimum absolute atomic E-state index is 0.159. The van der Waals surface area contributed by atoms with Crippen molar-refractivity contribution in [2.45, 2.75) is 25.7 Å². The second kappa shape index (κ2) is 7.93. The van der Waals surface area contributed by atoms with Gasteiger partial charge in [-0.1, -0.05) is 0 Å². The molecule has 1 rings (SSSR count). The zero-order valence-electron chi connectivity index (χ0n) is 11.7. The highest BCUT2D eigenvalue weighted by molar-refractivity contribution is 5.76. The van der Waals surface area contributed by atoms with Crippen molar-refractivity contribution in [1.82, 2.24) is 9.80 Å². The van der Waals surface area contributed by atoms with E-state index in [1.165, 1.54) is 0 Å². The Bertz CT molecular complexity index is 301. The summed E-state index contributed by atoms with van der Waals surface area (Å²) in [6.07, 6.45) is 3.08. The van der Waals surface area contributed by atoms with Crippen LogP contribution in [0.2, 0.25) is 0 Å². The Hall–Kier alpha value is -1.37. The van der Waals surface area contributed by atoms with E-state index in [0.29, 0.717) is 18.8 Å². The SMILES string of the molecule is CN(C)CCC(=O)N1CCC(CCO[N+](=O)[O-])CC1. The summed E-state index contributed by atoms with van der Waals surface area (Å²) in [7, 11) is 3.91. The van der Waals surface area contributed by atoms with Gasteiger partial charge >= 0.3 is 0 Å². The maximum absolute atomic E-state index is 11.9. The van der Waals surface area contributed by atoms with Crippen LogP contribution in [-0.2, 0) is 9.63 Å². The molecule has 7 nitrogen and oxygen atoms in total. The van der Waals surface area contributed by atoms with E-state index in [1.54, 1.807) is 0 Å². The van der Waals surface area contributed by atoms with Gasteiger partial charge in [-0.25, -0.2) is 0 Å². The van der Waals surface area contributed by atoms with Gasteiger partial charge in [-0.2, -0.15) is 0 Å². The largest absolute Gasteiger partial charge is 0.343 e. The van der Waals surface area contributed by atoms with E-state index in [-0.39, 0.29) is 12.5 Å². The summed E-state index contributed by atoms with van der Waals surface area (Å²) in [6.45, 7) is 2.45. The molecule has 1 fully saturated rings. The first-order valence-corrected chi connectivity index (χ1v) is 6.69. The zero-order chi connectivity index (χ0) is 14.3. The first-order chi connectivity index (χ1) is 8.99. The molecule has 110 valence electrons. The van der Waals surface area contributed by atoms with Crippen LogP contribution in [0.3, 0.4) is 0 Å². The lowest BCUT2D eigenvalue weighted by molar-refractivity contribution is -0.758. The summed E-state index contributed by atoms with van der Waals surface area (Å²) in [5.74, 6) is 0.631.